The number of hydrogen-bond donors (Lipinski definition) is 2. The topological polar surface area (TPSA) is 31.6 Å². The van der Waals surface area contributed by atoms with E-state index in [9.17, 15) is 0 Å². The van der Waals surface area contributed by atoms with Gasteiger partial charge in [-0.3, -0.25) is 0 Å². The van der Waals surface area contributed by atoms with E-state index in [1.807, 2.05) is 36.7 Å². The maximum absolute atomic E-state index is 3.83. The van der Waals surface area contributed by atoms with Crippen LogP contribution in [0.5, 0.6) is 0 Å². The number of para-hydroxylation sites is 2. The molecule has 0 saturated heterocycles. The van der Waals surface area contributed by atoms with Gasteiger partial charge in [-0.05, 0) is 23.8 Å². The third-order valence-electron chi connectivity index (χ3n) is 3.29. The van der Waals surface area contributed by atoms with Crippen molar-refractivity contribution < 1.29 is 0 Å². The number of H-pyrrole nitrogens is 2. The molecule has 0 amide bonds. The predicted molar refractivity (Wildman–Crippen MR) is 86.7 cm³/mol. The fraction of sp³-hybridized carbons (Fsp3) is 0. The zero-order valence-electron chi connectivity index (χ0n) is 11.1. The van der Waals surface area contributed by atoms with Gasteiger partial charge in [-0.15, -0.1) is 0 Å². The molecule has 98 valence electrons. The zero-order valence-corrected chi connectivity index (χ0v) is 11.1. The Morgan fingerprint density at radius 1 is 0.800 bits per heavy atom. The summed E-state index contributed by atoms with van der Waals surface area (Å²) < 4.78 is 0. The van der Waals surface area contributed by atoms with Crippen LogP contribution in [0.4, 0.5) is 0 Å². The lowest BCUT2D eigenvalue weighted by Crippen LogP contribution is -1.73. The van der Waals surface area contributed by atoms with Gasteiger partial charge in [0.15, 0.2) is 0 Å². The van der Waals surface area contributed by atoms with E-state index in [0.29, 0.717) is 0 Å². The highest BCUT2D eigenvalue weighted by Gasteiger charge is 2.04. The van der Waals surface area contributed by atoms with Crippen molar-refractivity contribution in [2.24, 2.45) is 0 Å². The summed E-state index contributed by atoms with van der Waals surface area (Å²) in [4.78, 5) is 6.29. The number of fused-ring (bicyclic) bond motifs is 3. The first-order valence-electron chi connectivity index (χ1n) is 6.60. The quantitative estimate of drug-likeness (QED) is 0.484. The lowest BCUT2D eigenvalue weighted by molar-refractivity contribution is 1.42. The summed E-state index contributed by atoms with van der Waals surface area (Å²) in [5, 5.41) is 2.54. The minimum absolute atomic E-state index is 1.16. The standard InChI is InChI=1S/C14H11N.C4H5N/c1-2-10-6-5-8-12-11-7-3-4-9-13(11)15-14(10)12;1-2-4-5-3-1/h2-9,15H,1H2;1-5H. The summed E-state index contributed by atoms with van der Waals surface area (Å²) >= 11 is 0. The van der Waals surface area contributed by atoms with E-state index >= 15 is 0 Å². The van der Waals surface area contributed by atoms with Gasteiger partial charge in [0.25, 0.3) is 0 Å². The molecule has 2 N–H and O–H groups in total. The molecule has 0 bridgehead atoms. The second-order valence-electron chi connectivity index (χ2n) is 4.53. The van der Waals surface area contributed by atoms with Crippen LogP contribution in [-0.2, 0) is 0 Å². The van der Waals surface area contributed by atoms with Crippen LogP contribution in [0.25, 0.3) is 27.9 Å². The molecular weight excluding hydrogens is 244 g/mol. The Kier molecular flexibility index (Phi) is 3.38. The van der Waals surface area contributed by atoms with Crippen LogP contribution in [0.3, 0.4) is 0 Å². The Bertz CT molecular complexity index is 806. The van der Waals surface area contributed by atoms with Crippen LogP contribution >= 0.6 is 0 Å². The number of hydrogen-bond acceptors (Lipinski definition) is 0. The summed E-state index contributed by atoms with van der Waals surface area (Å²) in [6.45, 7) is 3.83. The van der Waals surface area contributed by atoms with Crippen LogP contribution in [-0.4, -0.2) is 9.97 Å². The summed E-state index contributed by atoms with van der Waals surface area (Å²) in [7, 11) is 0. The van der Waals surface area contributed by atoms with E-state index in [1.165, 1.54) is 21.8 Å². The van der Waals surface area contributed by atoms with Gasteiger partial charge in [-0.2, -0.15) is 0 Å². The molecule has 0 fully saturated rings. The molecule has 0 aliphatic heterocycles. The molecule has 0 saturated carbocycles. The van der Waals surface area contributed by atoms with E-state index in [0.717, 1.165) is 5.56 Å². The molecule has 0 spiro atoms. The number of rotatable bonds is 1. The second kappa shape index (κ2) is 5.49. The van der Waals surface area contributed by atoms with E-state index in [4.69, 9.17) is 0 Å². The first-order chi connectivity index (χ1) is 9.90. The summed E-state index contributed by atoms with van der Waals surface area (Å²) in [5.74, 6) is 0. The fourth-order valence-corrected chi connectivity index (χ4v) is 2.34. The summed E-state index contributed by atoms with van der Waals surface area (Å²) in [6, 6.07) is 18.5. The molecule has 2 aromatic carbocycles. The van der Waals surface area contributed by atoms with Gasteiger partial charge in [0.1, 0.15) is 0 Å². The van der Waals surface area contributed by atoms with Crippen molar-refractivity contribution in [2.45, 2.75) is 0 Å². The van der Waals surface area contributed by atoms with Crippen molar-refractivity contribution in [3.8, 4) is 0 Å². The largest absolute Gasteiger partial charge is 0.368 e. The Morgan fingerprint density at radius 3 is 2.25 bits per heavy atom. The molecule has 4 aromatic rings. The van der Waals surface area contributed by atoms with E-state index < -0.39 is 0 Å². The van der Waals surface area contributed by atoms with E-state index in [-0.39, 0.29) is 0 Å². The molecule has 20 heavy (non-hydrogen) atoms. The molecule has 0 aliphatic carbocycles. The highest BCUT2D eigenvalue weighted by Crippen LogP contribution is 2.27. The predicted octanol–water partition coefficient (Wildman–Crippen LogP) is 4.98. The molecular formula is C18H16N2. The van der Waals surface area contributed by atoms with Gasteiger partial charge in [-0.25, -0.2) is 0 Å². The van der Waals surface area contributed by atoms with Crippen LogP contribution in [0, 0.1) is 0 Å². The minimum Gasteiger partial charge on any atom is -0.368 e. The van der Waals surface area contributed by atoms with Gasteiger partial charge >= 0.3 is 0 Å². The normalized spacial score (nSPS) is 10.2. The first-order valence-corrected chi connectivity index (χ1v) is 6.60. The molecule has 2 aromatic heterocycles. The Morgan fingerprint density at radius 2 is 1.55 bits per heavy atom. The Hall–Kier alpha value is -2.74. The SMILES string of the molecule is C=Cc1cccc2c1[nH]c1ccccc12.c1cc[nH]c1. The molecule has 2 heteroatoms. The van der Waals surface area contributed by atoms with Crippen molar-refractivity contribution in [3.63, 3.8) is 0 Å². The molecule has 0 radical (unpaired) electrons. The van der Waals surface area contributed by atoms with Crippen molar-refractivity contribution in [1.82, 2.24) is 9.97 Å². The van der Waals surface area contributed by atoms with Crippen LogP contribution in [0.1, 0.15) is 5.56 Å². The number of benzene rings is 2. The van der Waals surface area contributed by atoms with Crippen molar-refractivity contribution >= 4 is 27.9 Å². The molecule has 0 atom stereocenters. The van der Waals surface area contributed by atoms with Gasteiger partial charge in [0.2, 0.25) is 0 Å². The Labute approximate surface area is 117 Å². The average molecular weight is 260 g/mol. The molecule has 2 heterocycles. The fourth-order valence-electron chi connectivity index (χ4n) is 2.34. The summed E-state index contributed by atoms with van der Waals surface area (Å²) in [6.07, 6.45) is 5.64. The summed E-state index contributed by atoms with van der Waals surface area (Å²) in [5.41, 5.74) is 3.51. The van der Waals surface area contributed by atoms with Crippen molar-refractivity contribution in [2.75, 3.05) is 0 Å². The van der Waals surface area contributed by atoms with Gasteiger partial charge in [0.05, 0.1) is 5.52 Å². The third kappa shape index (κ3) is 2.24. The smallest absolute Gasteiger partial charge is 0.0538 e. The number of nitrogens with one attached hydrogen (secondary N) is 2. The molecule has 0 unspecified atom stereocenters. The number of aromatic amines is 2. The van der Waals surface area contributed by atoms with Crippen molar-refractivity contribution in [1.29, 1.82) is 0 Å². The zero-order chi connectivity index (χ0) is 13.8. The highest BCUT2D eigenvalue weighted by molar-refractivity contribution is 6.09. The molecule has 2 nitrogen and oxygen atoms in total. The first kappa shape index (κ1) is 12.3. The number of aromatic nitrogens is 2. The van der Waals surface area contributed by atoms with Gasteiger partial charge < -0.3 is 9.97 Å². The van der Waals surface area contributed by atoms with Crippen LogP contribution < -0.4 is 0 Å². The van der Waals surface area contributed by atoms with Gasteiger partial charge in [0, 0.05) is 28.7 Å². The maximum Gasteiger partial charge on any atom is 0.0538 e. The van der Waals surface area contributed by atoms with E-state index in [2.05, 4.69) is 52.9 Å². The maximum atomic E-state index is 3.83. The van der Waals surface area contributed by atoms with E-state index in [1.54, 1.807) is 0 Å². The van der Waals surface area contributed by atoms with Crippen molar-refractivity contribution in [3.05, 3.63) is 79.1 Å². The van der Waals surface area contributed by atoms with Crippen LogP contribution in [0.2, 0.25) is 0 Å². The van der Waals surface area contributed by atoms with Crippen LogP contribution in [0.15, 0.2) is 73.6 Å². The highest BCUT2D eigenvalue weighted by atomic mass is 14.7. The monoisotopic (exact) mass is 260 g/mol. The third-order valence-corrected chi connectivity index (χ3v) is 3.29. The lowest BCUT2D eigenvalue weighted by atomic mass is 10.1. The minimum atomic E-state index is 1.16. The second-order valence-corrected chi connectivity index (χ2v) is 4.53. The van der Waals surface area contributed by atoms with Gasteiger partial charge in [-0.1, -0.05) is 49.1 Å². The Balaban J connectivity index is 0.000000205. The average Bonchev–Trinajstić information content (AvgIpc) is 3.17. The molecule has 0 aliphatic rings. The lowest BCUT2D eigenvalue weighted by Gasteiger charge is -1.94. The molecule has 4 rings (SSSR count).